The maximum atomic E-state index is 12.2. The van der Waals surface area contributed by atoms with E-state index in [0.717, 1.165) is 30.4 Å². The van der Waals surface area contributed by atoms with Crippen LogP contribution in [0.2, 0.25) is 0 Å². The average molecular weight is 320 g/mol. The highest BCUT2D eigenvalue weighted by Crippen LogP contribution is 2.48. The lowest BCUT2D eigenvalue weighted by molar-refractivity contribution is -0.145. The van der Waals surface area contributed by atoms with Gasteiger partial charge in [0.2, 0.25) is 0 Å². The van der Waals surface area contributed by atoms with E-state index in [1.54, 1.807) is 14.2 Å². The fraction of sp³-hybridized carbons (Fsp3) is 0.632. The predicted octanol–water partition coefficient (Wildman–Crippen LogP) is 4.29. The number of hydrogen-bond donors (Lipinski definition) is 1. The third-order valence-corrected chi connectivity index (χ3v) is 4.94. The van der Waals surface area contributed by atoms with Gasteiger partial charge in [0.05, 0.1) is 19.6 Å². The van der Waals surface area contributed by atoms with Crippen molar-refractivity contribution in [1.82, 2.24) is 0 Å². The number of ether oxygens (including phenoxy) is 2. The van der Waals surface area contributed by atoms with Crippen LogP contribution in [0, 0.1) is 0 Å². The molecule has 1 aromatic carbocycles. The Balaban J connectivity index is 2.75. The summed E-state index contributed by atoms with van der Waals surface area (Å²) in [7, 11) is 3.24. The Kier molecular flexibility index (Phi) is 4.92. The second-order valence-electron chi connectivity index (χ2n) is 7.45. The van der Waals surface area contributed by atoms with E-state index in [-0.39, 0.29) is 5.41 Å². The smallest absolute Gasteiger partial charge is 0.314 e. The zero-order chi connectivity index (χ0) is 17.3. The molecule has 0 unspecified atom stereocenters. The summed E-state index contributed by atoms with van der Waals surface area (Å²) in [6.07, 6.45) is 4.24. The summed E-state index contributed by atoms with van der Waals surface area (Å²) in [4.78, 5) is 12.2. The molecular formula is C19H28O4. The maximum absolute atomic E-state index is 12.2. The van der Waals surface area contributed by atoms with Gasteiger partial charge in [0, 0.05) is 11.1 Å². The van der Waals surface area contributed by atoms with Crippen LogP contribution in [0.3, 0.4) is 0 Å². The third-order valence-electron chi connectivity index (χ3n) is 4.94. The molecule has 0 atom stereocenters. The van der Waals surface area contributed by atoms with Crippen molar-refractivity contribution in [2.24, 2.45) is 0 Å². The minimum Gasteiger partial charge on any atom is -0.497 e. The molecule has 1 saturated carbocycles. The van der Waals surface area contributed by atoms with Gasteiger partial charge in [-0.1, -0.05) is 40.0 Å². The van der Waals surface area contributed by atoms with Crippen molar-refractivity contribution >= 4 is 5.97 Å². The van der Waals surface area contributed by atoms with E-state index in [4.69, 9.17) is 9.47 Å². The monoisotopic (exact) mass is 320 g/mol. The molecule has 4 nitrogen and oxygen atoms in total. The predicted molar refractivity (Wildman–Crippen MR) is 90.6 cm³/mol. The zero-order valence-corrected chi connectivity index (χ0v) is 14.9. The van der Waals surface area contributed by atoms with Crippen LogP contribution in [0.1, 0.15) is 64.0 Å². The normalized spacial score (nSPS) is 17.6. The highest BCUT2D eigenvalue weighted by atomic mass is 16.5. The first-order valence-corrected chi connectivity index (χ1v) is 8.26. The van der Waals surface area contributed by atoms with Crippen molar-refractivity contribution < 1.29 is 19.4 Å². The van der Waals surface area contributed by atoms with Crippen molar-refractivity contribution in [3.8, 4) is 11.5 Å². The molecule has 1 aliphatic rings. The molecule has 0 aromatic heterocycles. The molecule has 4 heteroatoms. The molecule has 1 fully saturated rings. The highest BCUT2D eigenvalue weighted by Gasteiger charge is 2.44. The van der Waals surface area contributed by atoms with Gasteiger partial charge in [0.1, 0.15) is 11.5 Å². The molecule has 1 aromatic rings. The second kappa shape index (κ2) is 6.42. The summed E-state index contributed by atoms with van der Waals surface area (Å²) in [6.45, 7) is 6.30. The van der Waals surface area contributed by atoms with E-state index in [9.17, 15) is 9.90 Å². The quantitative estimate of drug-likeness (QED) is 0.899. The van der Waals surface area contributed by atoms with Crippen LogP contribution in [0.25, 0.3) is 0 Å². The van der Waals surface area contributed by atoms with E-state index >= 15 is 0 Å². The molecular weight excluding hydrogens is 292 g/mol. The minimum absolute atomic E-state index is 0.164. The number of aliphatic carboxylic acids is 1. The van der Waals surface area contributed by atoms with Gasteiger partial charge < -0.3 is 14.6 Å². The Morgan fingerprint density at radius 1 is 1.09 bits per heavy atom. The fourth-order valence-corrected chi connectivity index (χ4v) is 3.61. The van der Waals surface area contributed by atoms with Gasteiger partial charge in [-0.05, 0) is 30.4 Å². The first-order valence-electron chi connectivity index (χ1n) is 8.26. The van der Waals surface area contributed by atoms with Gasteiger partial charge in [-0.2, -0.15) is 0 Å². The van der Waals surface area contributed by atoms with Crippen molar-refractivity contribution in [2.45, 2.75) is 63.7 Å². The van der Waals surface area contributed by atoms with Crippen molar-refractivity contribution in [3.05, 3.63) is 23.3 Å². The Morgan fingerprint density at radius 3 is 2.13 bits per heavy atom. The number of carboxylic acids is 1. The van der Waals surface area contributed by atoms with Crippen LogP contribution in [0.5, 0.6) is 11.5 Å². The van der Waals surface area contributed by atoms with Gasteiger partial charge in [-0.3, -0.25) is 4.79 Å². The zero-order valence-electron chi connectivity index (χ0n) is 14.9. The summed E-state index contributed by atoms with van der Waals surface area (Å²) < 4.78 is 11.2. The van der Waals surface area contributed by atoms with E-state index in [2.05, 4.69) is 20.8 Å². The molecule has 0 amide bonds. The molecule has 128 valence electrons. The van der Waals surface area contributed by atoms with Gasteiger partial charge >= 0.3 is 5.97 Å². The maximum Gasteiger partial charge on any atom is 0.314 e. The summed E-state index contributed by atoms with van der Waals surface area (Å²) in [5, 5.41) is 10.0. The molecule has 0 bridgehead atoms. The molecule has 1 N–H and O–H groups in total. The second-order valence-corrected chi connectivity index (χ2v) is 7.45. The van der Waals surface area contributed by atoms with Gasteiger partial charge in [0.25, 0.3) is 0 Å². The van der Waals surface area contributed by atoms with Gasteiger partial charge in [0.15, 0.2) is 0 Å². The molecule has 23 heavy (non-hydrogen) atoms. The van der Waals surface area contributed by atoms with Crippen LogP contribution >= 0.6 is 0 Å². The van der Waals surface area contributed by atoms with Crippen molar-refractivity contribution in [2.75, 3.05) is 14.2 Å². The molecule has 0 spiro atoms. The molecule has 2 rings (SSSR count). The van der Waals surface area contributed by atoms with Crippen LogP contribution in [-0.2, 0) is 15.6 Å². The molecule has 0 radical (unpaired) electrons. The summed E-state index contributed by atoms with van der Waals surface area (Å²) in [5.41, 5.74) is 0.707. The van der Waals surface area contributed by atoms with Crippen LogP contribution in [-0.4, -0.2) is 25.3 Å². The number of hydrogen-bond acceptors (Lipinski definition) is 3. The molecule has 0 saturated heterocycles. The summed E-state index contributed by atoms with van der Waals surface area (Å²) >= 11 is 0. The largest absolute Gasteiger partial charge is 0.497 e. The van der Waals surface area contributed by atoms with Crippen LogP contribution < -0.4 is 9.47 Å². The summed E-state index contributed by atoms with van der Waals surface area (Å²) in [5.74, 6) is 0.628. The third kappa shape index (κ3) is 3.17. The van der Waals surface area contributed by atoms with E-state index < -0.39 is 11.4 Å². The first kappa shape index (κ1) is 17.6. The Labute approximate surface area is 138 Å². The lowest BCUT2D eigenvalue weighted by atomic mass is 9.68. The van der Waals surface area contributed by atoms with Crippen molar-refractivity contribution in [3.63, 3.8) is 0 Å². The van der Waals surface area contributed by atoms with Gasteiger partial charge in [-0.15, -0.1) is 0 Å². The van der Waals surface area contributed by atoms with E-state index in [1.807, 2.05) is 12.1 Å². The lowest BCUT2D eigenvalue weighted by Crippen LogP contribution is -2.38. The number of carbonyl (C=O) groups is 1. The Bertz CT molecular complexity index is 578. The number of rotatable bonds is 4. The Hall–Kier alpha value is -1.71. The minimum atomic E-state index is -0.877. The van der Waals surface area contributed by atoms with Crippen molar-refractivity contribution in [1.29, 1.82) is 0 Å². The molecule has 1 aliphatic carbocycles. The highest BCUT2D eigenvalue weighted by molar-refractivity contribution is 5.83. The van der Waals surface area contributed by atoms with E-state index in [1.165, 1.54) is 0 Å². The molecule has 0 heterocycles. The Morgan fingerprint density at radius 2 is 1.70 bits per heavy atom. The topological polar surface area (TPSA) is 55.8 Å². The molecule has 0 aliphatic heterocycles. The number of carboxylic acid groups (broad SMARTS) is 1. The lowest BCUT2D eigenvalue weighted by Gasteiger charge is -2.36. The standard InChI is InChI=1S/C19H28O4/c1-18(2,3)14-11-13(22-4)12-15(16(14)23-5)19(17(20)21)9-7-6-8-10-19/h11-12H,6-10H2,1-5H3,(H,20,21). The number of benzene rings is 1. The summed E-state index contributed by atoms with van der Waals surface area (Å²) in [6, 6.07) is 3.81. The van der Waals surface area contributed by atoms with Crippen LogP contribution in [0.15, 0.2) is 12.1 Å². The SMILES string of the molecule is COc1cc(C(C)(C)C)c(OC)c(C2(C(=O)O)CCCCC2)c1. The average Bonchev–Trinajstić information content (AvgIpc) is 2.53. The van der Waals surface area contributed by atoms with Gasteiger partial charge in [-0.25, -0.2) is 0 Å². The fourth-order valence-electron chi connectivity index (χ4n) is 3.61. The van der Waals surface area contributed by atoms with Crippen LogP contribution in [0.4, 0.5) is 0 Å². The first-order chi connectivity index (χ1) is 10.8. The number of methoxy groups -OCH3 is 2. The van der Waals surface area contributed by atoms with E-state index in [0.29, 0.717) is 24.3 Å².